The molecule has 0 aliphatic rings. The molecule has 114 valence electrons. The second-order valence-electron chi connectivity index (χ2n) is 4.36. The molecule has 1 heterocycles. The molecule has 0 unspecified atom stereocenters. The number of primary sulfonamides is 1. The molecular formula is C11H14N4O4S2. The number of nitrogens with two attached hydrogens (primary N) is 1. The highest BCUT2D eigenvalue weighted by Gasteiger charge is 2.15. The van der Waals surface area contributed by atoms with Gasteiger partial charge in [-0.15, -0.1) is 0 Å². The van der Waals surface area contributed by atoms with E-state index in [0.29, 0.717) is 5.56 Å². The van der Waals surface area contributed by atoms with Gasteiger partial charge >= 0.3 is 0 Å². The van der Waals surface area contributed by atoms with E-state index in [2.05, 4.69) is 9.82 Å². The van der Waals surface area contributed by atoms with Gasteiger partial charge in [-0.05, 0) is 17.7 Å². The van der Waals surface area contributed by atoms with E-state index in [-0.39, 0.29) is 16.3 Å². The first-order chi connectivity index (χ1) is 9.68. The minimum absolute atomic E-state index is 0.0265. The van der Waals surface area contributed by atoms with Crippen LogP contribution in [0.25, 0.3) is 0 Å². The third kappa shape index (κ3) is 3.88. The molecule has 0 bridgehead atoms. The topological polar surface area (TPSA) is 124 Å². The molecule has 21 heavy (non-hydrogen) atoms. The van der Waals surface area contributed by atoms with Gasteiger partial charge < -0.3 is 0 Å². The van der Waals surface area contributed by atoms with Crippen molar-refractivity contribution >= 4 is 20.0 Å². The predicted octanol–water partition coefficient (Wildman–Crippen LogP) is -0.454. The molecule has 0 spiro atoms. The highest BCUT2D eigenvalue weighted by molar-refractivity contribution is 7.89. The number of aryl methyl sites for hydroxylation is 1. The Balaban J connectivity index is 2.10. The molecule has 1 aromatic heterocycles. The Kier molecular flexibility index (Phi) is 4.14. The fourth-order valence-corrected chi connectivity index (χ4v) is 3.11. The maximum absolute atomic E-state index is 12.0. The number of rotatable bonds is 5. The van der Waals surface area contributed by atoms with E-state index < -0.39 is 20.0 Å². The highest BCUT2D eigenvalue weighted by Crippen LogP contribution is 2.11. The summed E-state index contributed by atoms with van der Waals surface area (Å²) < 4.78 is 49.9. The average molecular weight is 330 g/mol. The zero-order valence-electron chi connectivity index (χ0n) is 11.1. The number of hydrogen-bond acceptors (Lipinski definition) is 5. The van der Waals surface area contributed by atoms with Gasteiger partial charge in [-0.1, -0.05) is 12.1 Å². The molecular weight excluding hydrogens is 316 g/mol. The normalized spacial score (nSPS) is 12.5. The second-order valence-corrected chi connectivity index (χ2v) is 7.69. The lowest BCUT2D eigenvalue weighted by Crippen LogP contribution is -2.23. The lowest BCUT2D eigenvalue weighted by atomic mass is 10.2. The molecule has 10 heteroatoms. The lowest BCUT2D eigenvalue weighted by Gasteiger charge is -2.05. The summed E-state index contributed by atoms with van der Waals surface area (Å²) >= 11 is 0. The molecule has 2 rings (SSSR count). The Hall–Kier alpha value is -1.75. The van der Waals surface area contributed by atoms with E-state index in [1.165, 1.54) is 41.3 Å². The molecule has 0 saturated carbocycles. The molecule has 1 aromatic carbocycles. The molecule has 0 saturated heterocycles. The van der Waals surface area contributed by atoms with Crippen LogP contribution < -0.4 is 9.86 Å². The van der Waals surface area contributed by atoms with Crippen LogP contribution in [-0.4, -0.2) is 26.6 Å². The third-order valence-corrected chi connectivity index (χ3v) is 4.99. The smallest absolute Gasteiger partial charge is 0.243 e. The van der Waals surface area contributed by atoms with Gasteiger partial charge in [-0.25, -0.2) is 26.7 Å². The average Bonchev–Trinajstić information content (AvgIpc) is 2.83. The van der Waals surface area contributed by atoms with E-state index in [1.54, 1.807) is 7.05 Å². The van der Waals surface area contributed by atoms with Crippen LogP contribution in [0.3, 0.4) is 0 Å². The van der Waals surface area contributed by atoms with E-state index >= 15 is 0 Å². The van der Waals surface area contributed by atoms with Crippen molar-refractivity contribution in [3.8, 4) is 0 Å². The van der Waals surface area contributed by atoms with Crippen LogP contribution in [0.2, 0.25) is 0 Å². The van der Waals surface area contributed by atoms with E-state index in [1.807, 2.05) is 0 Å². The van der Waals surface area contributed by atoms with Crippen molar-refractivity contribution in [2.24, 2.45) is 12.2 Å². The van der Waals surface area contributed by atoms with Crippen LogP contribution in [0.1, 0.15) is 5.56 Å². The summed E-state index contributed by atoms with van der Waals surface area (Å²) in [4.78, 5) is 0.0347. The minimum atomic E-state index is -3.75. The van der Waals surface area contributed by atoms with Gasteiger partial charge in [0.1, 0.15) is 4.90 Å². The molecule has 2 aromatic rings. The van der Waals surface area contributed by atoms with Crippen molar-refractivity contribution in [2.75, 3.05) is 0 Å². The van der Waals surface area contributed by atoms with Crippen LogP contribution in [-0.2, 0) is 33.6 Å². The summed E-state index contributed by atoms with van der Waals surface area (Å²) in [5, 5.41) is 8.77. The molecule has 0 fully saturated rings. The number of benzene rings is 1. The Labute approximate surface area is 122 Å². The second kappa shape index (κ2) is 5.56. The van der Waals surface area contributed by atoms with Gasteiger partial charge in [-0.3, -0.25) is 4.68 Å². The molecule has 3 N–H and O–H groups in total. The Morgan fingerprint density at radius 2 is 1.76 bits per heavy atom. The van der Waals surface area contributed by atoms with Crippen molar-refractivity contribution in [1.82, 2.24) is 14.5 Å². The summed E-state index contributed by atoms with van der Waals surface area (Å²) in [6.45, 7) is 0.0299. The Bertz CT molecular complexity index is 839. The first-order valence-electron chi connectivity index (χ1n) is 5.78. The monoisotopic (exact) mass is 330 g/mol. The van der Waals surface area contributed by atoms with Crippen LogP contribution in [0, 0.1) is 0 Å². The summed E-state index contributed by atoms with van der Waals surface area (Å²) in [5.41, 5.74) is 0.606. The maximum atomic E-state index is 12.0. The fraction of sp³-hybridized carbons (Fsp3) is 0.182. The number of nitrogens with one attached hydrogen (secondary N) is 1. The first-order valence-corrected chi connectivity index (χ1v) is 8.81. The van der Waals surface area contributed by atoms with Crippen LogP contribution in [0.5, 0.6) is 0 Å². The molecule has 0 radical (unpaired) electrons. The van der Waals surface area contributed by atoms with E-state index in [4.69, 9.17) is 5.14 Å². The van der Waals surface area contributed by atoms with Gasteiger partial charge in [-0.2, -0.15) is 5.10 Å². The molecule has 8 nitrogen and oxygen atoms in total. The number of nitrogens with zero attached hydrogens (tertiary/aromatic N) is 2. The van der Waals surface area contributed by atoms with Gasteiger partial charge in [0.2, 0.25) is 20.0 Å². The number of sulfonamides is 2. The maximum Gasteiger partial charge on any atom is 0.243 e. The first kappa shape index (κ1) is 15.6. The van der Waals surface area contributed by atoms with Crippen LogP contribution >= 0.6 is 0 Å². The van der Waals surface area contributed by atoms with Crippen molar-refractivity contribution in [2.45, 2.75) is 16.3 Å². The number of hydrogen-bond donors (Lipinski definition) is 2. The Morgan fingerprint density at radius 3 is 2.24 bits per heavy atom. The SMILES string of the molecule is Cn1cc(S(=O)(=O)NCc2ccc(S(N)(=O)=O)cc2)cn1. The van der Waals surface area contributed by atoms with Crippen molar-refractivity contribution in [1.29, 1.82) is 0 Å². The molecule has 0 amide bonds. The van der Waals surface area contributed by atoms with Gasteiger partial charge in [0.25, 0.3) is 0 Å². The molecule has 0 atom stereocenters. The predicted molar refractivity (Wildman–Crippen MR) is 75.0 cm³/mol. The number of aromatic nitrogens is 2. The third-order valence-electron chi connectivity index (χ3n) is 2.71. The summed E-state index contributed by atoms with van der Waals surface area (Å²) in [6, 6.07) is 5.63. The minimum Gasteiger partial charge on any atom is -0.274 e. The Morgan fingerprint density at radius 1 is 1.14 bits per heavy atom. The largest absolute Gasteiger partial charge is 0.274 e. The van der Waals surface area contributed by atoms with Gasteiger partial charge in [0.05, 0.1) is 11.1 Å². The standard InChI is InChI=1S/C11H14N4O4S2/c1-15-8-11(7-13-15)21(18,19)14-6-9-2-4-10(5-3-9)20(12,16)17/h2-5,7-8,14H,6H2,1H3,(H2,12,16,17). The molecule has 0 aliphatic heterocycles. The van der Waals surface area contributed by atoms with Gasteiger partial charge in [0, 0.05) is 19.8 Å². The quantitative estimate of drug-likeness (QED) is 0.768. The lowest BCUT2D eigenvalue weighted by molar-refractivity contribution is 0.580. The van der Waals surface area contributed by atoms with E-state index in [9.17, 15) is 16.8 Å². The zero-order chi connectivity index (χ0) is 15.7. The zero-order valence-corrected chi connectivity index (χ0v) is 12.7. The summed E-state index contributed by atoms with van der Waals surface area (Å²) in [7, 11) is -5.79. The highest BCUT2D eigenvalue weighted by atomic mass is 32.2. The summed E-state index contributed by atoms with van der Waals surface area (Å²) in [5.74, 6) is 0. The van der Waals surface area contributed by atoms with Crippen molar-refractivity contribution in [3.05, 3.63) is 42.2 Å². The fourth-order valence-electron chi connectivity index (χ4n) is 1.60. The van der Waals surface area contributed by atoms with Crippen molar-refractivity contribution in [3.63, 3.8) is 0 Å². The van der Waals surface area contributed by atoms with Gasteiger partial charge in [0.15, 0.2) is 0 Å². The summed E-state index contributed by atoms with van der Waals surface area (Å²) in [6.07, 6.45) is 2.62. The molecule has 0 aliphatic carbocycles. The van der Waals surface area contributed by atoms with Crippen LogP contribution in [0.15, 0.2) is 46.5 Å². The van der Waals surface area contributed by atoms with E-state index in [0.717, 1.165) is 0 Å². The van der Waals surface area contributed by atoms with Crippen molar-refractivity contribution < 1.29 is 16.8 Å². The van der Waals surface area contributed by atoms with Crippen LogP contribution in [0.4, 0.5) is 0 Å².